The minimum Gasteiger partial charge on any atom is -0.466 e. The number of nitrogens with zero attached hydrogens (tertiary/aromatic N) is 2. The van der Waals surface area contributed by atoms with E-state index in [9.17, 15) is 5.11 Å². The molecule has 1 atom stereocenters. The van der Waals surface area contributed by atoms with Crippen LogP contribution in [0.5, 0.6) is 0 Å². The lowest BCUT2D eigenvalue weighted by molar-refractivity contribution is 0.177. The normalized spacial score (nSPS) is 12.9. The largest absolute Gasteiger partial charge is 0.466 e. The van der Waals surface area contributed by atoms with E-state index in [2.05, 4.69) is 28.0 Å². The van der Waals surface area contributed by atoms with E-state index >= 15 is 0 Å². The molecular weight excluding hydrogens is 272 g/mol. The van der Waals surface area contributed by atoms with Crippen LogP contribution in [0, 0.1) is 0 Å². The molecule has 4 nitrogen and oxygen atoms in total. The first kappa shape index (κ1) is 11.4. The van der Waals surface area contributed by atoms with Gasteiger partial charge in [-0.2, -0.15) is 5.10 Å². The Kier molecular flexibility index (Phi) is 3.46. The molecule has 0 aliphatic carbocycles. The van der Waals surface area contributed by atoms with Crippen LogP contribution in [-0.2, 0) is 6.54 Å². The smallest absolute Gasteiger partial charge is 0.154 e. The fourth-order valence-electron chi connectivity index (χ4n) is 1.62. The Balaban J connectivity index is 2.35. The van der Waals surface area contributed by atoms with Crippen molar-refractivity contribution < 1.29 is 9.52 Å². The highest BCUT2D eigenvalue weighted by Crippen LogP contribution is 2.28. The van der Waals surface area contributed by atoms with Crippen molar-refractivity contribution in [1.29, 1.82) is 0 Å². The summed E-state index contributed by atoms with van der Waals surface area (Å²) in [7, 11) is 0. The van der Waals surface area contributed by atoms with Crippen LogP contribution in [0.15, 0.2) is 33.5 Å². The Hall–Kier alpha value is -1.07. The lowest BCUT2D eigenvalue weighted by Crippen LogP contribution is -2.10. The number of hydrogen-bond donors (Lipinski definition) is 1. The van der Waals surface area contributed by atoms with Crippen molar-refractivity contribution in [3.63, 3.8) is 0 Å². The molecule has 0 radical (unpaired) electrons. The highest BCUT2D eigenvalue weighted by Gasteiger charge is 2.21. The summed E-state index contributed by atoms with van der Waals surface area (Å²) in [5.41, 5.74) is 0.733. The molecule has 0 aliphatic rings. The van der Waals surface area contributed by atoms with E-state index in [1.54, 1.807) is 29.3 Å². The molecule has 0 amide bonds. The SMILES string of the molecule is CCCn1ncc(Br)c1C(O)c1ccco1. The zero-order chi connectivity index (χ0) is 11.5. The van der Waals surface area contributed by atoms with Gasteiger partial charge >= 0.3 is 0 Å². The molecule has 0 fully saturated rings. The van der Waals surface area contributed by atoms with Crippen LogP contribution in [0.4, 0.5) is 0 Å². The van der Waals surface area contributed by atoms with Crippen molar-refractivity contribution in [2.45, 2.75) is 26.0 Å². The van der Waals surface area contributed by atoms with Crippen molar-refractivity contribution in [3.05, 3.63) is 40.5 Å². The Bertz CT molecular complexity index is 451. The predicted octanol–water partition coefficient (Wildman–Crippen LogP) is 2.73. The van der Waals surface area contributed by atoms with Gasteiger partial charge < -0.3 is 9.52 Å². The van der Waals surface area contributed by atoms with Crippen molar-refractivity contribution in [2.75, 3.05) is 0 Å². The lowest BCUT2D eigenvalue weighted by Gasteiger charge is -2.11. The van der Waals surface area contributed by atoms with E-state index in [0.717, 1.165) is 23.1 Å². The summed E-state index contributed by atoms with van der Waals surface area (Å²) >= 11 is 3.39. The maximum absolute atomic E-state index is 10.2. The molecule has 0 saturated carbocycles. The minimum absolute atomic E-state index is 0.526. The van der Waals surface area contributed by atoms with E-state index < -0.39 is 6.10 Å². The van der Waals surface area contributed by atoms with Crippen LogP contribution in [0.3, 0.4) is 0 Å². The average Bonchev–Trinajstić information content (AvgIpc) is 2.88. The fraction of sp³-hybridized carbons (Fsp3) is 0.364. The summed E-state index contributed by atoms with van der Waals surface area (Å²) in [6.07, 6.45) is 3.43. The van der Waals surface area contributed by atoms with E-state index in [1.807, 2.05) is 0 Å². The van der Waals surface area contributed by atoms with Gasteiger partial charge in [-0.15, -0.1) is 0 Å². The molecule has 2 aromatic heterocycles. The molecule has 16 heavy (non-hydrogen) atoms. The summed E-state index contributed by atoms with van der Waals surface area (Å²) in [5.74, 6) is 0.526. The van der Waals surface area contributed by atoms with Crippen LogP contribution in [0.2, 0.25) is 0 Å². The quantitative estimate of drug-likeness (QED) is 0.939. The highest BCUT2D eigenvalue weighted by atomic mass is 79.9. The highest BCUT2D eigenvalue weighted by molar-refractivity contribution is 9.10. The minimum atomic E-state index is -0.779. The molecule has 86 valence electrons. The average molecular weight is 285 g/mol. The molecule has 0 aliphatic heterocycles. The third kappa shape index (κ3) is 2.05. The van der Waals surface area contributed by atoms with Gasteiger partial charge in [-0.3, -0.25) is 4.68 Å². The number of aliphatic hydroxyl groups excluding tert-OH is 1. The number of aliphatic hydroxyl groups is 1. The molecule has 1 N–H and O–H groups in total. The molecule has 0 bridgehead atoms. The van der Waals surface area contributed by atoms with Gasteiger partial charge in [0.25, 0.3) is 0 Å². The Labute approximate surface area is 102 Å². The second-order valence-electron chi connectivity index (χ2n) is 3.52. The summed E-state index contributed by atoms with van der Waals surface area (Å²) in [4.78, 5) is 0. The van der Waals surface area contributed by atoms with Crippen molar-refractivity contribution >= 4 is 15.9 Å². The van der Waals surface area contributed by atoms with E-state index in [-0.39, 0.29) is 0 Å². The van der Waals surface area contributed by atoms with Crippen LogP contribution >= 0.6 is 15.9 Å². The maximum Gasteiger partial charge on any atom is 0.154 e. The standard InChI is InChI=1S/C11H13BrN2O2/c1-2-5-14-10(8(12)7-13-14)11(15)9-4-3-6-16-9/h3-4,6-7,11,15H,2,5H2,1H3. The zero-order valence-corrected chi connectivity index (χ0v) is 10.5. The van der Waals surface area contributed by atoms with Crippen molar-refractivity contribution in [1.82, 2.24) is 9.78 Å². The predicted molar refractivity (Wildman–Crippen MR) is 63.0 cm³/mol. The third-order valence-corrected chi connectivity index (χ3v) is 2.95. The number of aryl methyl sites for hydroxylation is 1. The van der Waals surface area contributed by atoms with Gasteiger partial charge in [0, 0.05) is 6.54 Å². The first-order chi connectivity index (χ1) is 7.74. The maximum atomic E-state index is 10.2. The first-order valence-electron chi connectivity index (χ1n) is 5.16. The van der Waals surface area contributed by atoms with Crippen molar-refractivity contribution in [2.24, 2.45) is 0 Å². The molecule has 5 heteroatoms. The first-order valence-corrected chi connectivity index (χ1v) is 5.96. The Morgan fingerprint density at radius 2 is 2.44 bits per heavy atom. The van der Waals surface area contributed by atoms with Crippen LogP contribution < -0.4 is 0 Å². The van der Waals surface area contributed by atoms with E-state index in [4.69, 9.17) is 4.42 Å². The topological polar surface area (TPSA) is 51.2 Å². The van der Waals surface area contributed by atoms with Gasteiger partial charge in [0.2, 0.25) is 0 Å². The van der Waals surface area contributed by atoms with E-state index in [1.165, 1.54) is 0 Å². The van der Waals surface area contributed by atoms with Crippen LogP contribution in [0.1, 0.15) is 30.9 Å². The molecule has 0 aromatic carbocycles. The number of hydrogen-bond acceptors (Lipinski definition) is 3. The van der Waals surface area contributed by atoms with Crippen LogP contribution in [-0.4, -0.2) is 14.9 Å². The van der Waals surface area contributed by atoms with Gasteiger partial charge in [-0.05, 0) is 34.5 Å². The molecule has 2 aromatic rings. The second-order valence-corrected chi connectivity index (χ2v) is 4.37. The van der Waals surface area contributed by atoms with E-state index in [0.29, 0.717) is 5.76 Å². The summed E-state index contributed by atoms with van der Waals surface area (Å²) < 4.78 is 7.78. The number of halogens is 1. The van der Waals surface area contributed by atoms with Crippen molar-refractivity contribution in [3.8, 4) is 0 Å². The third-order valence-electron chi connectivity index (χ3n) is 2.34. The Morgan fingerprint density at radius 3 is 3.06 bits per heavy atom. The van der Waals surface area contributed by atoms with Gasteiger partial charge in [0.05, 0.1) is 22.6 Å². The Morgan fingerprint density at radius 1 is 1.62 bits per heavy atom. The molecule has 2 heterocycles. The number of aromatic nitrogens is 2. The molecular formula is C11H13BrN2O2. The lowest BCUT2D eigenvalue weighted by atomic mass is 10.2. The number of rotatable bonds is 4. The van der Waals surface area contributed by atoms with Gasteiger partial charge in [-0.1, -0.05) is 6.92 Å². The summed E-state index contributed by atoms with van der Waals surface area (Å²) in [6, 6.07) is 3.51. The number of furan rings is 1. The fourth-order valence-corrected chi connectivity index (χ4v) is 2.13. The van der Waals surface area contributed by atoms with Gasteiger partial charge in [0.1, 0.15) is 5.76 Å². The summed E-state index contributed by atoms with van der Waals surface area (Å²) in [6.45, 7) is 2.84. The molecule has 2 rings (SSSR count). The molecule has 0 spiro atoms. The molecule has 0 saturated heterocycles. The zero-order valence-electron chi connectivity index (χ0n) is 8.93. The van der Waals surface area contributed by atoms with Crippen LogP contribution in [0.25, 0.3) is 0 Å². The summed E-state index contributed by atoms with van der Waals surface area (Å²) in [5, 5.41) is 14.4. The monoisotopic (exact) mass is 284 g/mol. The second kappa shape index (κ2) is 4.84. The van der Waals surface area contributed by atoms with Gasteiger partial charge in [0.15, 0.2) is 6.10 Å². The molecule has 1 unspecified atom stereocenters. The van der Waals surface area contributed by atoms with Gasteiger partial charge in [-0.25, -0.2) is 0 Å².